The number of nitrogens with one attached hydrogen (secondary N) is 3. The molecule has 0 radical (unpaired) electrons. The molecule has 3 rings (SSSR count). The minimum absolute atomic E-state index is 0.0263. The van der Waals surface area contributed by atoms with Gasteiger partial charge in [-0.25, -0.2) is 4.39 Å². The first-order valence-electron chi connectivity index (χ1n) is 10.2. The lowest BCUT2D eigenvalue weighted by atomic mass is 9.87. The Morgan fingerprint density at radius 3 is 2.59 bits per heavy atom. The number of methoxy groups -OCH3 is 1. The highest BCUT2D eigenvalue weighted by atomic mass is 19.1. The zero-order chi connectivity index (χ0) is 23.1. The minimum Gasteiger partial charge on any atom is -0.495 e. The van der Waals surface area contributed by atoms with Crippen LogP contribution in [-0.2, 0) is 4.79 Å². The third-order valence-corrected chi connectivity index (χ3v) is 5.58. The molecule has 10 heteroatoms. The molecule has 0 unspecified atom stereocenters. The first kappa shape index (κ1) is 23.0. The first-order valence-corrected chi connectivity index (χ1v) is 10.2. The van der Waals surface area contributed by atoms with Crippen LogP contribution in [0.2, 0.25) is 0 Å². The Hall–Kier alpha value is -3.66. The maximum absolute atomic E-state index is 13.1. The summed E-state index contributed by atoms with van der Waals surface area (Å²) in [6.45, 7) is 1.80. The van der Waals surface area contributed by atoms with Crippen LogP contribution in [0.3, 0.4) is 0 Å². The molecule has 170 valence electrons. The molecule has 1 aromatic heterocycles. The van der Waals surface area contributed by atoms with Gasteiger partial charge in [-0.3, -0.25) is 15.2 Å². The van der Waals surface area contributed by atoms with Crippen molar-refractivity contribution in [3.05, 3.63) is 60.3 Å². The number of hydrogen-bond donors (Lipinski definition) is 5. The molecule has 0 saturated carbocycles. The van der Waals surface area contributed by atoms with Crippen molar-refractivity contribution in [1.82, 2.24) is 10.3 Å². The second-order valence-electron chi connectivity index (χ2n) is 7.63. The number of anilines is 2. The highest BCUT2D eigenvalue weighted by Gasteiger charge is 2.33. The van der Waals surface area contributed by atoms with Gasteiger partial charge in [0.2, 0.25) is 0 Å². The number of ether oxygens (including phenoxy) is 1. The number of nitrogens with zero attached hydrogens (tertiary/aromatic N) is 2. The molecule has 0 bridgehead atoms. The quantitative estimate of drug-likeness (QED) is 0.238. The van der Waals surface area contributed by atoms with Crippen LogP contribution in [-0.4, -0.2) is 49.0 Å². The lowest BCUT2D eigenvalue weighted by Gasteiger charge is -2.42. The molecule has 2 heterocycles. The van der Waals surface area contributed by atoms with Crippen molar-refractivity contribution in [3.63, 3.8) is 0 Å². The fraction of sp³-hybridized carbons (Fsp3) is 0.318. The van der Waals surface area contributed by atoms with E-state index >= 15 is 0 Å². The van der Waals surface area contributed by atoms with E-state index in [0.29, 0.717) is 30.8 Å². The number of amidine groups is 1. The van der Waals surface area contributed by atoms with E-state index in [-0.39, 0.29) is 11.4 Å². The summed E-state index contributed by atoms with van der Waals surface area (Å²) in [5.41, 5.74) is 12.5. The molecule has 0 atom stereocenters. The number of hydrogen-bond acceptors (Lipinski definition) is 7. The van der Waals surface area contributed by atoms with Gasteiger partial charge in [0.25, 0.3) is 5.91 Å². The van der Waals surface area contributed by atoms with E-state index in [1.165, 1.54) is 30.5 Å². The standard InChI is InChI=1S/C22H28FN7O2/c1-32-18-10-17(11-27-12-18)30-8-6-22(14-24,7-9-30)28-13-19(21(26)31)20(25)29-16-4-2-15(23)3-5-16/h2-5,10-13,28H,6-9,14,24H2,1H3,(H2,25,29)(H2,26,31)/b19-13+. The average Bonchev–Trinajstić information content (AvgIpc) is 2.81. The molecular weight excluding hydrogens is 413 g/mol. The van der Waals surface area contributed by atoms with Crippen LogP contribution in [0.1, 0.15) is 12.8 Å². The molecule has 1 saturated heterocycles. The van der Waals surface area contributed by atoms with Crippen molar-refractivity contribution in [2.24, 2.45) is 11.5 Å². The number of amides is 1. The number of benzene rings is 1. The van der Waals surface area contributed by atoms with Crippen molar-refractivity contribution in [2.45, 2.75) is 18.4 Å². The smallest absolute Gasteiger partial charge is 0.253 e. The van der Waals surface area contributed by atoms with Crippen LogP contribution in [0.5, 0.6) is 5.75 Å². The van der Waals surface area contributed by atoms with E-state index in [4.69, 9.17) is 21.6 Å². The van der Waals surface area contributed by atoms with Gasteiger partial charge in [0, 0.05) is 37.6 Å². The Labute approximate surface area is 186 Å². The fourth-order valence-electron chi connectivity index (χ4n) is 3.53. The predicted molar refractivity (Wildman–Crippen MR) is 122 cm³/mol. The van der Waals surface area contributed by atoms with Crippen molar-refractivity contribution in [1.29, 1.82) is 5.41 Å². The molecule has 7 N–H and O–H groups in total. The molecule has 1 aromatic carbocycles. The van der Waals surface area contributed by atoms with E-state index < -0.39 is 17.3 Å². The molecule has 1 fully saturated rings. The number of piperidine rings is 1. The van der Waals surface area contributed by atoms with Crippen LogP contribution >= 0.6 is 0 Å². The Kier molecular flexibility index (Phi) is 7.26. The zero-order valence-electron chi connectivity index (χ0n) is 17.9. The van der Waals surface area contributed by atoms with Crippen LogP contribution in [0.15, 0.2) is 54.5 Å². The molecule has 0 spiro atoms. The van der Waals surface area contributed by atoms with Crippen molar-refractivity contribution in [3.8, 4) is 5.75 Å². The number of carbonyl (C=O) groups is 1. The Morgan fingerprint density at radius 2 is 2.00 bits per heavy atom. The average molecular weight is 442 g/mol. The van der Waals surface area contributed by atoms with Gasteiger partial charge in [-0.15, -0.1) is 0 Å². The van der Waals surface area contributed by atoms with E-state index in [1.807, 2.05) is 6.07 Å². The topological polar surface area (TPSA) is 142 Å². The lowest BCUT2D eigenvalue weighted by Crippen LogP contribution is -2.56. The summed E-state index contributed by atoms with van der Waals surface area (Å²) in [7, 11) is 1.60. The molecule has 1 aliphatic heterocycles. The molecule has 2 aromatic rings. The van der Waals surface area contributed by atoms with Crippen molar-refractivity contribution < 1.29 is 13.9 Å². The van der Waals surface area contributed by atoms with Gasteiger partial charge in [0.05, 0.1) is 36.3 Å². The fourth-order valence-corrected chi connectivity index (χ4v) is 3.53. The monoisotopic (exact) mass is 441 g/mol. The number of carbonyl (C=O) groups excluding carboxylic acids is 1. The normalized spacial score (nSPS) is 15.7. The van der Waals surface area contributed by atoms with Gasteiger partial charge in [0.1, 0.15) is 17.4 Å². The summed E-state index contributed by atoms with van der Waals surface area (Å²) in [6.07, 6.45) is 6.31. The Bertz CT molecular complexity index is 986. The van der Waals surface area contributed by atoms with Crippen LogP contribution in [0.25, 0.3) is 0 Å². The van der Waals surface area contributed by atoms with E-state index in [9.17, 15) is 9.18 Å². The molecule has 1 amide bonds. The first-order chi connectivity index (χ1) is 15.4. The van der Waals surface area contributed by atoms with Gasteiger partial charge in [-0.1, -0.05) is 0 Å². The lowest BCUT2D eigenvalue weighted by molar-refractivity contribution is -0.114. The summed E-state index contributed by atoms with van der Waals surface area (Å²) in [5.74, 6) is -0.652. The van der Waals surface area contributed by atoms with Gasteiger partial charge in [-0.2, -0.15) is 0 Å². The SMILES string of the molecule is COc1cncc(N2CCC(CN)(N/C=C(\C(=N)Nc3ccc(F)cc3)C(N)=O)CC2)c1. The summed E-state index contributed by atoms with van der Waals surface area (Å²) < 4.78 is 18.3. The Morgan fingerprint density at radius 1 is 1.31 bits per heavy atom. The van der Waals surface area contributed by atoms with Crippen molar-refractivity contribution in [2.75, 3.05) is 37.0 Å². The van der Waals surface area contributed by atoms with Crippen molar-refractivity contribution >= 4 is 23.1 Å². The number of rotatable bonds is 8. The maximum atomic E-state index is 13.1. The second kappa shape index (κ2) is 10.1. The van der Waals surface area contributed by atoms with Gasteiger partial charge in [0.15, 0.2) is 0 Å². The van der Waals surface area contributed by atoms with E-state index in [1.54, 1.807) is 19.5 Å². The zero-order valence-corrected chi connectivity index (χ0v) is 17.9. The van der Waals surface area contributed by atoms with Crippen LogP contribution in [0, 0.1) is 11.2 Å². The largest absolute Gasteiger partial charge is 0.495 e. The summed E-state index contributed by atoms with van der Waals surface area (Å²) in [6, 6.07) is 7.40. The number of pyridine rings is 1. The number of primary amides is 1. The molecule has 1 aliphatic rings. The number of nitrogens with two attached hydrogens (primary N) is 2. The highest BCUT2D eigenvalue weighted by molar-refractivity contribution is 6.23. The summed E-state index contributed by atoms with van der Waals surface area (Å²) in [4.78, 5) is 18.4. The highest BCUT2D eigenvalue weighted by Crippen LogP contribution is 2.27. The molecular formula is C22H28FN7O2. The minimum atomic E-state index is -0.760. The van der Waals surface area contributed by atoms with Gasteiger partial charge < -0.3 is 31.7 Å². The summed E-state index contributed by atoms with van der Waals surface area (Å²) in [5, 5.41) is 14.2. The number of aromatic nitrogens is 1. The number of halogens is 1. The van der Waals surface area contributed by atoms with Crippen LogP contribution in [0.4, 0.5) is 15.8 Å². The van der Waals surface area contributed by atoms with Crippen LogP contribution < -0.4 is 31.7 Å². The van der Waals surface area contributed by atoms with Gasteiger partial charge >= 0.3 is 0 Å². The molecule has 0 aliphatic carbocycles. The molecule has 32 heavy (non-hydrogen) atoms. The third kappa shape index (κ3) is 5.52. The Balaban J connectivity index is 1.67. The van der Waals surface area contributed by atoms with E-state index in [2.05, 4.69) is 20.5 Å². The predicted octanol–water partition coefficient (Wildman–Crippen LogP) is 1.58. The van der Waals surface area contributed by atoms with E-state index in [0.717, 1.165) is 18.8 Å². The molecule has 9 nitrogen and oxygen atoms in total. The third-order valence-electron chi connectivity index (χ3n) is 5.58. The second-order valence-corrected chi connectivity index (χ2v) is 7.63. The van der Waals surface area contributed by atoms with Gasteiger partial charge in [-0.05, 0) is 37.1 Å². The summed E-state index contributed by atoms with van der Waals surface area (Å²) >= 11 is 0. The maximum Gasteiger partial charge on any atom is 0.253 e.